The summed E-state index contributed by atoms with van der Waals surface area (Å²) in [6, 6.07) is 19.3. The number of carbonyl (C=O) groups is 2. The zero-order valence-corrected chi connectivity index (χ0v) is 16.7. The summed E-state index contributed by atoms with van der Waals surface area (Å²) < 4.78 is 0. The number of rotatable bonds is 6. The fourth-order valence-corrected chi connectivity index (χ4v) is 3.27. The molecule has 0 unspecified atom stereocenters. The first-order valence-corrected chi connectivity index (χ1v) is 9.34. The first-order chi connectivity index (χ1) is 14.4. The van der Waals surface area contributed by atoms with Gasteiger partial charge in [-0.2, -0.15) is 0 Å². The molecule has 30 heavy (non-hydrogen) atoms. The molecule has 2 N–H and O–H groups in total. The highest BCUT2D eigenvalue weighted by Crippen LogP contribution is 2.26. The lowest BCUT2D eigenvalue weighted by Crippen LogP contribution is -2.40. The average Bonchev–Trinajstić information content (AvgIpc) is 2.73. The minimum absolute atomic E-state index is 0.148. The maximum Gasteiger partial charge on any atom is 0.313 e. The van der Waals surface area contributed by atoms with Crippen molar-refractivity contribution in [1.29, 1.82) is 0 Å². The third kappa shape index (κ3) is 4.79. The lowest BCUT2D eigenvalue weighted by Gasteiger charge is -2.26. The van der Waals surface area contributed by atoms with E-state index in [2.05, 4.69) is 10.6 Å². The van der Waals surface area contributed by atoms with Crippen LogP contribution in [0, 0.1) is 10.1 Å². The van der Waals surface area contributed by atoms with Crippen LogP contribution in [-0.2, 0) is 9.59 Å². The van der Waals surface area contributed by atoms with Gasteiger partial charge in [-0.3, -0.25) is 19.7 Å². The molecule has 0 saturated carbocycles. The molecule has 8 nitrogen and oxygen atoms in total. The van der Waals surface area contributed by atoms with Crippen LogP contribution in [0.2, 0.25) is 0 Å². The Kier molecular flexibility index (Phi) is 6.38. The summed E-state index contributed by atoms with van der Waals surface area (Å²) in [5, 5.41) is 18.1. The molecule has 0 fully saturated rings. The lowest BCUT2D eigenvalue weighted by atomic mass is 9.98. The second kappa shape index (κ2) is 9.15. The van der Waals surface area contributed by atoms with Crippen LogP contribution < -0.4 is 10.6 Å². The van der Waals surface area contributed by atoms with Gasteiger partial charge in [0.2, 0.25) is 0 Å². The quantitative estimate of drug-likeness (QED) is 0.372. The van der Waals surface area contributed by atoms with Crippen LogP contribution >= 0.6 is 0 Å². The molecule has 0 radical (unpaired) electrons. The number of likely N-dealkylation sites (N-methyl/N-ethyl adjacent to an activating group) is 1. The predicted molar refractivity (Wildman–Crippen MR) is 115 cm³/mol. The number of amides is 2. The number of nitro groups is 1. The van der Waals surface area contributed by atoms with Gasteiger partial charge in [-0.25, -0.2) is 0 Å². The summed E-state index contributed by atoms with van der Waals surface area (Å²) in [6.45, 7) is 0.224. The fraction of sp³-hybridized carbons (Fsp3) is 0.182. The van der Waals surface area contributed by atoms with Crippen molar-refractivity contribution in [1.82, 2.24) is 10.2 Å². The van der Waals surface area contributed by atoms with Gasteiger partial charge in [0.15, 0.2) is 0 Å². The number of fused-ring (bicyclic) bond motifs is 1. The van der Waals surface area contributed by atoms with E-state index in [0.29, 0.717) is 0 Å². The van der Waals surface area contributed by atoms with Crippen molar-refractivity contribution in [2.75, 3.05) is 26.0 Å². The molecule has 0 saturated heterocycles. The zero-order chi connectivity index (χ0) is 21.7. The molecular weight excluding hydrogens is 384 g/mol. The summed E-state index contributed by atoms with van der Waals surface area (Å²) >= 11 is 0. The number of carbonyl (C=O) groups excluding carboxylic acids is 2. The summed E-state index contributed by atoms with van der Waals surface area (Å²) in [5.41, 5.74) is 1.05. The van der Waals surface area contributed by atoms with Gasteiger partial charge >= 0.3 is 11.8 Å². The highest BCUT2D eigenvalue weighted by Gasteiger charge is 2.20. The normalized spacial score (nSPS) is 11.8. The Morgan fingerprint density at radius 1 is 1.00 bits per heavy atom. The van der Waals surface area contributed by atoms with E-state index in [9.17, 15) is 19.7 Å². The van der Waals surface area contributed by atoms with Crippen molar-refractivity contribution in [3.05, 3.63) is 82.4 Å². The molecule has 0 aliphatic rings. The third-order valence-electron chi connectivity index (χ3n) is 4.78. The van der Waals surface area contributed by atoms with Crippen molar-refractivity contribution in [2.24, 2.45) is 0 Å². The van der Waals surface area contributed by atoms with E-state index in [1.165, 1.54) is 24.3 Å². The minimum atomic E-state index is -0.883. The summed E-state index contributed by atoms with van der Waals surface area (Å²) in [7, 11) is 3.81. The van der Waals surface area contributed by atoms with Crippen molar-refractivity contribution >= 4 is 34.0 Å². The average molecular weight is 406 g/mol. The molecule has 3 aromatic rings. The van der Waals surface area contributed by atoms with E-state index >= 15 is 0 Å². The van der Waals surface area contributed by atoms with Gasteiger partial charge in [0.25, 0.3) is 5.69 Å². The van der Waals surface area contributed by atoms with Crippen LogP contribution in [0.4, 0.5) is 11.4 Å². The number of benzene rings is 3. The van der Waals surface area contributed by atoms with Gasteiger partial charge < -0.3 is 15.5 Å². The number of anilines is 1. The number of non-ortho nitro benzene ring substituents is 1. The molecule has 0 bridgehead atoms. The Morgan fingerprint density at radius 3 is 2.43 bits per heavy atom. The molecular formula is C22H22N4O4. The molecule has 3 rings (SSSR count). The van der Waals surface area contributed by atoms with Gasteiger partial charge in [0.05, 0.1) is 11.0 Å². The Morgan fingerprint density at radius 2 is 1.70 bits per heavy atom. The van der Waals surface area contributed by atoms with Crippen LogP contribution in [0.1, 0.15) is 11.6 Å². The standard InChI is InChI=1S/C22H22N4O4/c1-25(2)20(19-12-5-8-15-7-3-4-11-18(15)19)14-23-21(27)22(28)24-16-9-6-10-17(13-16)26(29)30/h3-13,20H,14H2,1-2H3,(H,23,27)(H,24,28)/t20-/m1/s1. The Hall–Kier alpha value is -3.78. The Bertz CT molecular complexity index is 1090. The first kappa shape index (κ1) is 20.9. The highest BCUT2D eigenvalue weighted by atomic mass is 16.6. The summed E-state index contributed by atoms with van der Waals surface area (Å²) in [6.07, 6.45) is 0. The zero-order valence-electron chi connectivity index (χ0n) is 16.7. The largest absolute Gasteiger partial charge is 0.346 e. The number of hydrogen-bond acceptors (Lipinski definition) is 5. The molecule has 3 aromatic carbocycles. The number of nitro benzene ring substituents is 1. The van der Waals surface area contributed by atoms with E-state index in [0.717, 1.165) is 16.3 Å². The molecule has 1 atom stereocenters. The second-order valence-corrected chi connectivity index (χ2v) is 7.02. The summed E-state index contributed by atoms with van der Waals surface area (Å²) in [4.78, 5) is 36.8. The van der Waals surface area contributed by atoms with E-state index in [1.54, 1.807) is 0 Å². The van der Waals surface area contributed by atoms with Crippen molar-refractivity contribution in [3.8, 4) is 0 Å². The molecule has 0 spiro atoms. The lowest BCUT2D eigenvalue weighted by molar-refractivity contribution is -0.384. The van der Waals surface area contributed by atoms with Crippen molar-refractivity contribution in [2.45, 2.75) is 6.04 Å². The number of nitrogens with zero attached hydrogens (tertiary/aromatic N) is 2. The second-order valence-electron chi connectivity index (χ2n) is 7.02. The Labute approximate surface area is 173 Å². The van der Waals surface area contributed by atoms with Crippen LogP contribution in [0.3, 0.4) is 0 Å². The first-order valence-electron chi connectivity index (χ1n) is 9.34. The fourth-order valence-electron chi connectivity index (χ4n) is 3.27. The van der Waals surface area contributed by atoms with Crippen LogP contribution in [-0.4, -0.2) is 42.3 Å². The van der Waals surface area contributed by atoms with E-state index in [1.807, 2.05) is 61.5 Å². The summed E-state index contributed by atoms with van der Waals surface area (Å²) in [5.74, 6) is -1.69. The van der Waals surface area contributed by atoms with Crippen LogP contribution in [0.15, 0.2) is 66.7 Å². The molecule has 0 aromatic heterocycles. The number of nitrogens with one attached hydrogen (secondary N) is 2. The maximum absolute atomic E-state index is 12.3. The van der Waals surface area contributed by atoms with E-state index < -0.39 is 16.7 Å². The van der Waals surface area contributed by atoms with Gasteiger partial charge in [-0.15, -0.1) is 0 Å². The monoisotopic (exact) mass is 406 g/mol. The smallest absolute Gasteiger partial charge is 0.313 e. The van der Waals surface area contributed by atoms with Crippen LogP contribution in [0.5, 0.6) is 0 Å². The highest BCUT2D eigenvalue weighted by molar-refractivity contribution is 6.39. The molecule has 0 aliphatic carbocycles. The molecule has 2 amide bonds. The third-order valence-corrected chi connectivity index (χ3v) is 4.78. The molecule has 0 heterocycles. The SMILES string of the molecule is CN(C)[C@H](CNC(=O)C(=O)Nc1cccc([N+](=O)[O-])c1)c1cccc2ccccc12. The van der Waals surface area contributed by atoms with Gasteiger partial charge in [-0.1, -0.05) is 48.5 Å². The van der Waals surface area contributed by atoms with Gasteiger partial charge in [0, 0.05) is 24.4 Å². The molecule has 8 heteroatoms. The number of hydrogen-bond donors (Lipinski definition) is 2. The topological polar surface area (TPSA) is 105 Å². The van der Waals surface area contributed by atoms with E-state index in [4.69, 9.17) is 0 Å². The van der Waals surface area contributed by atoms with Crippen molar-refractivity contribution < 1.29 is 14.5 Å². The van der Waals surface area contributed by atoms with Gasteiger partial charge in [-0.05, 0) is 36.5 Å². The van der Waals surface area contributed by atoms with Gasteiger partial charge in [0.1, 0.15) is 0 Å². The van der Waals surface area contributed by atoms with Crippen molar-refractivity contribution in [3.63, 3.8) is 0 Å². The predicted octanol–water partition coefficient (Wildman–Crippen LogP) is 3.11. The molecule has 154 valence electrons. The molecule has 0 aliphatic heterocycles. The van der Waals surface area contributed by atoms with Crippen LogP contribution in [0.25, 0.3) is 10.8 Å². The minimum Gasteiger partial charge on any atom is -0.346 e. The van der Waals surface area contributed by atoms with E-state index in [-0.39, 0.29) is 24.0 Å². The maximum atomic E-state index is 12.3. The Balaban J connectivity index is 1.70.